The SMILES string of the molecule is C/C(=C\CCP(NCC(=O)OC(C)C)Oc1ccccc1)CO. The smallest absolute Gasteiger partial charge is 0.320 e. The van der Waals surface area contributed by atoms with Crippen LogP contribution in [0.15, 0.2) is 42.0 Å². The van der Waals surface area contributed by atoms with Gasteiger partial charge in [0.05, 0.1) is 12.7 Å². The second-order valence-electron chi connectivity index (χ2n) is 5.38. The number of allylic oxidation sites excluding steroid dienone is 1. The van der Waals surface area contributed by atoms with Crippen molar-refractivity contribution in [2.24, 2.45) is 0 Å². The summed E-state index contributed by atoms with van der Waals surface area (Å²) in [7, 11) is -1.01. The lowest BCUT2D eigenvalue weighted by Gasteiger charge is -2.19. The third-order valence-corrected chi connectivity index (χ3v) is 4.41. The van der Waals surface area contributed by atoms with Gasteiger partial charge in [-0.25, -0.2) is 0 Å². The lowest BCUT2D eigenvalue weighted by atomic mass is 10.3. The highest BCUT2D eigenvalue weighted by atomic mass is 31.2. The molecular weight excluding hydrogens is 313 g/mol. The maximum absolute atomic E-state index is 11.7. The van der Waals surface area contributed by atoms with Gasteiger partial charge in [-0.15, -0.1) is 0 Å². The average molecular weight is 339 g/mol. The zero-order valence-electron chi connectivity index (χ0n) is 14.0. The summed E-state index contributed by atoms with van der Waals surface area (Å²) in [5, 5.41) is 12.2. The highest BCUT2D eigenvalue weighted by Crippen LogP contribution is 2.34. The number of hydrogen-bond donors (Lipinski definition) is 2. The van der Waals surface area contributed by atoms with E-state index in [0.717, 1.165) is 23.9 Å². The molecule has 0 aliphatic heterocycles. The van der Waals surface area contributed by atoms with Gasteiger partial charge in [-0.2, -0.15) is 0 Å². The Morgan fingerprint density at radius 1 is 1.35 bits per heavy atom. The maximum Gasteiger partial charge on any atom is 0.320 e. The standard InChI is InChI=1S/C17H26NO4P/c1-14(2)21-17(20)12-18-23(11-7-8-15(3)13-19)22-16-9-5-4-6-10-16/h4-6,8-10,14,18-19H,7,11-13H2,1-3H3/b15-8+. The van der Waals surface area contributed by atoms with Crippen molar-refractivity contribution >= 4 is 14.3 Å². The van der Waals surface area contributed by atoms with Crippen molar-refractivity contribution in [3.05, 3.63) is 42.0 Å². The van der Waals surface area contributed by atoms with Crippen molar-refractivity contribution in [1.29, 1.82) is 0 Å². The van der Waals surface area contributed by atoms with Crippen LogP contribution in [0.5, 0.6) is 5.75 Å². The van der Waals surface area contributed by atoms with E-state index in [4.69, 9.17) is 14.4 Å². The normalized spacial score (nSPS) is 13.0. The van der Waals surface area contributed by atoms with E-state index in [-0.39, 0.29) is 25.2 Å². The maximum atomic E-state index is 11.7. The predicted molar refractivity (Wildman–Crippen MR) is 93.5 cm³/mol. The Balaban J connectivity index is 2.55. The zero-order valence-corrected chi connectivity index (χ0v) is 14.9. The van der Waals surface area contributed by atoms with Gasteiger partial charge in [0.2, 0.25) is 0 Å². The molecule has 0 bridgehead atoms. The second-order valence-corrected chi connectivity index (χ2v) is 7.08. The van der Waals surface area contributed by atoms with Crippen LogP contribution in [0.4, 0.5) is 0 Å². The molecule has 1 unspecified atom stereocenters. The number of carbonyl (C=O) groups excluding carboxylic acids is 1. The third kappa shape index (κ3) is 9.34. The van der Waals surface area contributed by atoms with Crippen molar-refractivity contribution in [3.63, 3.8) is 0 Å². The van der Waals surface area contributed by atoms with E-state index < -0.39 is 8.30 Å². The van der Waals surface area contributed by atoms with Gasteiger partial charge >= 0.3 is 5.97 Å². The van der Waals surface area contributed by atoms with Gasteiger partial charge < -0.3 is 14.4 Å². The molecule has 5 nitrogen and oxygen atoms in total. The molecule has 0 saturated carbocycles. The largest absolute Gasteiger partial charge is 0.462 e. The van der Waals surface area contributed by atoms with Gasteiger partial charge in [-0.3, -0.25) is 9.88 Å². The number of para-hydroxylation sites is 1. The molecule has 1 aromatic carbocycles. The number of aliphatic hydroxyl groups excluding tert-OH is 1. The molecular formula is C17H26NO4P. The van der Waals surface area contributed by atoms with Crippen LogP contribution in [0.1, 0.15) is 27.2 Å². The summed E-state index contributed by atoms with van der Waals surface area (Å²) in [5.41, 5.74) is 0.930. The van der Waals surface area contributed by atoms with Crippen molar-refractivity contribution in [1.82, 2.24) is 5.09 Å². The van der Waals surface area contributed by atoms with Crippen molar-refractivity contribution in [3.8, 4) is 5.75 Å². The molecule has 6 heteroatoms. The summed E-state index contributed by atoms with van der Waals surface area (Å²) in [6.45, 7) is 5.71. The van der Waals surface area contributed by atoms with Crippen LogP contribution in [0.25, 0.3) is 0 Å². The molecule has 0 aromatic heterocycles. The number of aliphatic hydroxyl groups is 1. The molecule has 0 fully saturated rings. The zero-order chi connectivity index (χ0) is 17.1. The van der Waals surface area contributed by atoms with Crippen LogP contribution in [0.2, 0.25) is 0 Å². The van der Waals surface area contributed by atoms with E-state index in [2.05, 4.69) is 5.09 Å². The third-order valence-electron chi connectivity index (χ3n) is 2.80. The van der Waals surface area contributed by atoms with Crippen LogP contribution in [-0.4, -0.2) is 36.5 Å². The van der Waals surface area contributed by atoms with Crippen molar-refractivity contribution in [2.45, 2.75) is 33.3 Å². The number of ether oxygens (including phenoxy) is 1. The fraction of sp³-hybridized carbons (Fsp3) is 0.471. The van der Waals surface area contributed by atoms with Crippen LogP contribution in [-0.2, 0) is 9.53 Å². The number of esters is 1. The number of hydrogen-bond acceptors (Lipinski definition) is 5. The first kappa shape index (κ1) is 19.6. The highest BCUT2D eigenvalue weighted by Gasteiger charge is 2.14. The van der Waals surface area contributed by atoms with E-state index >= 15 is 0 Å². The summed E-state index contributed by atoms with van der Waals surface area (Å²) in [4.78, 5) is 11.7. The molecule has 1 atom stereocenters. The minimum Gasteiger partial charge on any atom is -0.462 e. The first-order valence-corrected chi connectivity index (χ1v) is 9.15. The number of rotatable bonds is 10. The molecule has 0 amide bonds. The lowest BCUT2D eigenvalue weighted by molar-refractivity contribution is -0.145. The van der Waals surface area contributed by atoms with E-state index in [1.165, 1.54) is 0 Å². The van der Waals surface area contributed by atoms with Crippen LogP contribution in [0, 0.1) is 0 Å². The molecule has 0 radical (unpaired) electrons. The summed E-state index contributed by atoms with van der Waals surface area (Å²) in [6.07, 6.45) is 3.38. The van der Waals surface area contributed by atoms with Gasteiger partial charge in [0, 0.05) is 6.16 Å². The molecule has 2 N–H and O–H groups in total. The molecule has 0 heterocycles. The molecule has 1 aromatic rings. The van der Waals surface area contributed by atoms with Crippen LogP contribution in [0.3, 0.4) is 0 Å². The molecule has 23 heavy (non-hydrogen) atoms. The van der Waals surface area contributed by atoms with Gasteiger partial charge in [0.1, 0.15) is 12.3 Å². The first-order chi connectivity index (χ1) is 11.0. The lowest BCUT2D eigenvalue weighted by Crippen LogP contribution is -2.25. The Morgan fingerprint density at radius 2 is 2.04 bits per heavy atom. The van der Waals surface area contributed by atoms with Crippen LogP contribution >= 0.6 is 8.30 Å². The van der Waals surface area contributed by atoms with Crippen molar-refractivity contribution in [2.75, 3.05) is 19.3 Å². The highest BCUT2D eigenvalue weighted by molar-refractivity contribution is 7.50. The Morgan fingerprint density at radius 3 is 2.65 bits per heavy atom. The topological polar surface area (TPSA) is 67.8 Å². The average Bonchev–Trinajstić information content (AvgIpc) is 2.52. The number of nitrogens with one attached hydrogen (secondary N) is 1. The fourth-order valence-corrected chi connectivity index (χ4v) is 3.07. The summed E-state index contributed by atoms with van der Waals surface area (Å²) < 4.78 is 11.1. The fourth-order valence-electron chi connectivity index (χ4n) is 1.72. The van der Waals surface area contributed by atoms with Gasteiger partial charge in [-0.05, 0) is 39.3 Å². The molecule has 0 spiro atoms. The van der Waals surface area contributed by atoms with E-state index in [0.29, 0.717) is 0 Å². The van der Waals surface area contributed by atoms with E-state index in [1.54, 1.807) is 0 Å². The predicted octanol–water partition coefficient (Wildman–Crippen LogP) is 3.25. The summed E-state index contributed by atoms with van der Waals surface area (Å²) >= 11 is 0. The molecule has 0 aliphatic rings. The number of benzene rings is 1. The minimum absolute atomic E-state index is 0.0611. The molecule has 0 aliphatic carbocycles. The Labute approximate surface area is 139 Å². The number of carbonyl (C=O) groups is 1. The van der Waals surface area contributed by atoms with Gasteiger partial charge in [0.25, 0.3) is 0 Å². The van der Waals surface area contributed by atoms with E-state index in [1.807, 2.05) is 57.2 Å². The summed E-state index contributed by atoms with van der Waals surface area (Å²) in [5.74, 6) is 0.484. The Kier molecular flexibility index (Phi) is 9.53. The summed E-state index contributed by atoms with van der Waals surface area (Å²) in [6, 6.07) is 9.52. The molecule has 128 valence electrons. The minimum atomic E-state index is -1.01. The van der Waals surface area contributed by atoms with Gasteiger partial charge in [-0.1, -0.05) is 29.8 Å². The molecule has 0 saturated heterocycles. The monoisotopic (exact) mass is 339 g/mol. The first-order valence-electron chi connectivity index (χ1n) is 7.71. The second kappa shape index (κ2) is 11.2. The van der Waals surface area contributed by atoms with E-state index in [9.17, 15) is 4.79 Å². The Bertz CT molecular complexity index is 491. The van der Waals surface area contributed by atoms with Crippen molar-refractivity contribution < 1.29 is 19.2 Å². The Hall–Kier alpha value is -1.42. The quantitative estimate of drug-likeness (QED) is 0.389. The van der Waals surface area contributed by atoms with Gasteiger partial charge in [0.15, 0.2) is 8.30 Å². The molecule has 1 rings (SSSR count). The van der Waals surface area contributed by atoms with Crippen LogP contribution < -0.4 is 9.61 Å².